The van der Waals surface area contributed by atoms with Crippen LogP contribution in [0, 0.1) is 0 Å². The molecule has 1 N–H and O–H groups in total. The van der Waals surface area contributed by atoms with Gasteiger partial charge >= 0.3 is 5.76 Å². The van der Waals surface area contributed by atoms with Crippen LogP contribution in [0.15, 0.2) is 21.3 Å². The minimum absolute atomic E-state index is 0.238. The molecule has 0 saturated carbocycles. The minimum atomic E-state index is -0.519. The van der Waals surface area contributed by atoms with Crippen molar-refractivity contribution in [1.82, 2.24) is 9.97 Å². The summed E-state index contributed by atoms with van der Waals surface area (Å²) in [5.74, 6) is -0.519. The highest BCUT2D eigenvalue weighted by atomic mass is 35.5. The molecule has 2 rings (SSSR count). The topological polar surface area (TPSA) is 58.9 Å². The fraction of sp³-hybridized carbons (Fsp3) is 0. The normalized spacial score (nSPS) is 10.6. The number of hydrogen-bond donors (Lipinski definition) is 1. The van der Waals surface area contributed by atoms with Crippen LogP contribution in [0.3, 0.4) is 0 Å². The maximum absolute atomic E-state index is 10.6. The zero-order valence-electron chi connectivity index (χ0n) is 5.30. The van der Waals surface area contributed by atoms with Gasteiger partial charge in [0.25, 0.3) is 0 Å². The van der Waals surface area contributed by atoms with Crippen LogP contribution in [0.1, 0.15) is 0 Å². The fourth-order valence-electron chi connectivity index (χ4n) is 0.814. The molecule has 4 nitrogen and oxygen atoms in total. The second-order valence-electron chi connectivity index (χ2n) is 2.00. The largest absolute Gasteiger partial charge is 0.418 e. The Bertz CT molecular complexity index is 445. The number of rotatable bonds is 0. The van der Waals surface area contributed by atoms with Crippen LogP contribution in [0.25, 0.3) is 11.2 Å². The SMILES string of the molecule is O=c1[nH]c2ccc(Cl)nc2o1. The van der Waals surface area contributed by atoms with Crippen molar-refractivity contribution < 1.29 is 4.42 Å². The predicted molar refractivity (Wildman–Crippen MR) is 39.6 cm³/mol. The van der Waals surface area contributed by atoms with Gasteiger partial charge in [0.15, 0.2) is 0 Å². The zero-order chi connectivity index (χ0) is 7.84. The number of pyridine rings is 1. The minimum Gasteiger partial charge on any atom is -0.389 e. The summed E-state index contributed by atoms with van der Waals surface area (Å²) in [6.45, 7) is 0. The maximum Gasteiger partial charge on any atom is 0.418 e. The second-order valence-corrected chi connectivity index (χ2v) is 2.39. The van der Waals surface area contributed by atoms with E-state index in [2.05, 4.69) is 14.4 Å². The molecule has 0 spiro atoms. The Hall–Kier alpha value is -1.29. The van der Waals surface area contributed by atoms with Crippen LogP contribution in [-0.2, 0) is 0 Å². The molecule has 5 heteroatoms. The van der Waals surface area contributed by atoms with Crippen molar-refractivity contribution in [2.24, 2.45) is 0 Å². The number of oxazole rings is 1. The first kappa shape index (κ1) is 6.42. The molecule has 0 aromatic carbocycles. The molecule has 2 aromatic heterocycles. The second kappa shape index (κ2) is 2.10. The van der Waals surface area contributed by atoms with Crippen molar-refractivity contribution in [3.05, 3.63) is 27.8 Å². The van der Waals surface area contributed by atoms with Crippen molar-refractivity contribution in [3.8, 4) is 0 Å². The standard InChI is InChI=1S/C6H3ClN2O2/c7-4-2-1-3-5(9-4)11-6(10)8-3/h1-2H,(H,8,10). The molecule has 56 valence electrons. The molecule has 0 bridgehead atoms. The number of halogens is 1. The lowest BCUT2D eigenvalue weighted by Gasteiger charge is -1.85. The highest BCUT2D eigenvalue weighted by Crippen LogP contribution is 2.10. The summed E-state index contributed by atoms with van der Waals surface area (Å²) in [7, 11) is 0. The number of nitrogens with one attached hydrogen (secondary N) is 1. The molecule has 0 saturated heterocycles. The molecule has 0 amide bonds. The molecule has 0 aliphatic rings. The molecular formula is C6H3ClN2O2. The number of aromatic amines is 1. The molecule has 2 aromatic rings. The molecule has 0 fully saturated rings. The van der Waals surface area contributed by atoms with E-state index < -0.39 is 5.76 Å². The van der Waals surface area contributed by atoms with Crippen LogP contribution < -0.4 is 5.76 Å². The predicted octanol–water partition coefficient (Wildman–Crippen LogP) is 1.17. The number of hydrogen-bond acceptors (Lipinski definition) is 3. The van der Waals surface area contributed by atoms with Gasteiger partial charge in [-0.15, -0.1) is 0 Å². The molecule has 11 heavy (non-hydrogen) atoms. The van der Waals surface area contributed by atoms with Gasteiger partial charge in [0.1, 0.15) is 10.7 Å². The van der Waals surface area contributed by atoms with Gasteiger partial charge in [0.2, 0.25) is 5.71 Å². The maximum atomic E-state index is 10.6. The average molecular weight is 171 g/mol. The molecule has 0 unspecified atom stereocenters. The van der Waals surface area contributed by atoms with E-state index in [9.17, 15) is 4.79 Å². The molecule has 0 aliphatic carbocycles. The smallest absolute Gasteiger partial charge is 0.389 e. The summed E-state index contributed by atoms with van der Waals surface area (Å²) in [5, 5.41) is 0.306. The first-order valence-electron chi connectivity index (χ1n) is 2.91. The van der Waals surface area contributed by atoms with Gasteiger partial charge in [0, 0.05) is 0 Å². The van der Waals surface area contributed by atoms with Gasteiger partial charge in [-0.05, 0) is 12.1 Å². The van der Waals surface area contributed by atoms with Gasteiger partial charge in [-0.3, -0.25) is 4.98 Å². The molecule has 0 atom stereocenters. The third-order valence-electron chi connectivity index (χ3n) is 1.25. The van der Waals surface area contributed by atoms with E-state index in [-0.39, 0.29) is 5.71 Å². The number of nitrogens with zero attached hydrogens (tertiary/aromatic N) is 1. The van der Waals surface area contributed by atoms with E-state index in [0.29, 0.717) is 10.7 Å². The summed E-state index contributed by atoms with van der Waals surface area (Å²) >= 11 is 5.54. The van der Waals surface area contributed by atoms with E-state index in [1.165, 1.54) is 0 Å². The van der Waals surface area contributed by atoms with Gasteiger partial charge < -0.3 is 4.42 Å². The number of aromatic nitrogens is 2. The molecular weight excluding hydrogens is 168 g/mol. The van der Waals surface area contributed by atoms with Crippen molar-refractivity contribution in [3.63, 3.8) is 0 Å². The van der Waals surface area contributed by atoms with Crippen molar-refractivity contribution >= 4 is 22.8 Å². The van der Waals surface area contributed by atoms with Crippen LogP contribution in [0.2, 0.25) is 5.15 Å². The Morgan fingerprint density at radius 1 is 1.55 bits per heavy atom. The number of fused-ring (bicyclic) bond motifs is 1. The molecule has 0 aliphatic heterocycles. The van der Waals surface area contributed by atoms with Crippen molar-refractivity contribution in [2.45, 2.75) is 0 Å². The number of H-pyrrole nitrogens is 1. The summed E-state index contributed by atoms with van der Waals surface area (Å²) in [6, 6.07) is 3.21. The van der Waals surface area contributed by atoms with Crippen LogP contribution in [0.5, 0.6) is 0 Å². The van der Waals surface area contributed by atoms with Gasteiger partial charge in [-0.25, -0.2) is 4.79 Å². The van der Waals surface area contributed by atoms with Crippen LogP contribution in [0.4, 0.5) is 0 Å². The monoisotopic (exact) mass is 170 g/mol. The average Bonchev–Trinajstić information content (AvgIpc) is 2.27. The van der Waals surface area contributed by atoms with E-state index in [1.54, 1.807) is 12.1 Å². The Morgan fingerprint density at radius 2 is 2.36 bits per heavy atom. The van der Waals surface area contributed by atoms with Gasteiger partial charge in [-0.1, -0.05) is 11.6 Å². The first-order valence-corrected chi connectivity index (χ1v) is 3.29. The molecule has 2 heterocycles. The third kappa shape index (κ3) is 1.01. The van der Waals surface area contributed by atoms with E-state index in [4.69, 9.17) is 11.6 Å². The molecule has 0 radical (unpaired) electrons. The Balaban J connectivity index is 2.92. The fourth-order valence-corrected chi connectivity index (χ4v) is 0.954. The van der Waals surface area contributed by atoms with Crippen LogP contribution in [-0.4, -0.2) is 9.97 Å². The lowest BCUT2D eigenvalue weighted by atomic mass is 10.4. The Kier molecular flexibility index (Phi) is 1.22. The van der Waals surface area contributed by atoms with Crippen molar-refractivity contribution in [1.29, 1.82) is 0 Å². The lowest BCUT2D eigenvalue weighted by molar-refractivity contribution is 0.545. The third-order valence-corrected chi connectivity index (χ3v) is 1.46. The van der Waals surface area contributed by atoms with Crippen LogP contribution >= 0.6 is 11.6 Å². The highest BCUT2D eigenvalue weighted by molar-refractivity contribution is 6.29. The zero-order valence-corrected chi connectivity index (χ0v) is 6.05. The highest BCUT2D eigenvalue weighted by Gasteiger charge is 2.00. The van der Waals surface area contributed by atoms with Crippen molar-refractivity contribution in [2.75, 3.05) is 0 Å². The van der Waals surface area contributed by atoms with E-state index >= 15 is 0 Å². The Labute approximate surface area is 65.8 Å². The van der Waals surface area contributed by atoms with E-state index in [1.807, 2.05) is 0 Å². The first-order chi connectivity index (χ1) is 5.25. The summed E-state index contributed by atoms with van der Waals surface area (Å²) in [6.07, 6.45) is 0. The summed E-state index contributed by atoms with van der Waals surface area (Å²) in [4.78, 5) is 16.8. The quantitative estimate of drug-likeness (QED) is 0.604. The van der Waals surface area contributed by atoms with E-state index in [0.717, 1.165) is 0 Å². The summed E-state index contributed by atoms with van der Waals surface area (Å²) < 4.78 is 4.64. The lowest BCUT2D eigenvalue weighted by Crippen LogP contribution is -1.92. The van der Waals surface area contributed by atoms with Gasteiger partial charge in [0.05, 0.1) is 0 Å². The summed E-state index contributed by atoms with van der Waals surface area (Å²) in [5.41, 5.74) is 0.793. The Morgan fingerprint density at radius 3 is 3.18 bits per heavy atom. The van der Waals surface area contributed by atoms with Gasteiger partial charge in [-0.2, -0.15) is 4.98 Å².